The Morgan fingerprint density at radius 1 is 1.22 bits per heavy atom. The van der Waals surface area contributed by atoms with Crippen molar-refractivity contribution in [3.05, 3.63) is 58.1 Å². The molecule has 2 aromatic rings. The number of non-ortho nitro benzene ring substituents is 1. The van der Waals surface area contributed by atoms with Gasteiger partial charge in [0.25, 0.3) is 11.6 Å². The van der Waals surface area contributed by atoms with Crippen molar-refractivity contribution >= 4 is 34.6 Å². The summed E-state index contributed by atoms with van der Waals surface area (Å²) in [6, 6.07) is 10.8. The number of amides is 1. The number of methoxy groups -OCH3 is 1. The van der Waals surface area contributed by atoms with Crippen LogP contribution in [0.1, 0.15) is 23.7 Å². The van der Waals surface area contributed by atoms with Gasteiger partial charge in [-0.1, -0.05) is 19.1 Å². The third kappa shape index (κ3) is 5.38. The van der Waals surface area contributed by atoms with Crippen molar-refractivity contribution in [2.24, 2.45) is 0 Å². The van der Waals surface area contributed by atoms with Crippen LogP contribution in [-0.2, 0) is 0 Å². The van der Waals surface area contributed by atoms with Gasteiger partial charge in [0.05, 0.1) is 29.9 Å². The second kappa shape index (κ2) is 9.48. The Bertz CT molecular complexity index is 857. The van der Waals surface area contributed by atoms with E-state index >= 15 is 0 Å². The number of para-hydroxylation sites is 1. The number of hydrogen-bond acceptors (Lipinski definition) is 6. The lowest BCUT2D eigenvalue weighted by Crippen LogP contribution is -2.34. The fraction of sp³-hybridized carbons (Fsp3) is 0.222. The minimum atomic E-state index is -0.534. The maximum Gasteiger partial charge on any atom is 0.271 e. The number of nitrogens with one attached hydrogen (secondary N) is 2. The van der Waals surface area contributed by atoms with Crippen molar-refractivity contribution in [3.63, 3.8) is 0 Å². The summed E-state index contributed by atoms with van der Waals surface area (Å²) >= 11 is 5.15. The molecule has 0 atom stereocenters. The average molecular weight is 389 g/mol. The minimum Gasteiger partial charge on any atom is -0.495 e. The van der Waals surface area contributed by atoms with E-state index in [1.165, 1.54) is 25.3 Å². The standard InChI is InChI=1S/C18H19N3O5S/c1-3-10-26-15-7-5-4-6-13(15)17(22)20-18(27)19-14-11-12(21(23)24)8-9-16(14)25-2/h4-9,11H,3,10H2,1-2H3,(H2,19,20,22,27). The van der Waals surface area contributed by atoms with Gasteiger partial charge in [0, 0.05) is 12.1 Å². The molecule has 0 fully saturated rings. The predicted octanol–water partition coefficient (Wildman–Crippen LogP) is 3.52. The minimum absolute atomic E-state index is 0.0240. The number of anilines is 1. The van der Waals surface area contributed by atoms with E-state index in [0.29, 0.717) is 23.7 Å². The molecule has 1 amide bonds. The van der Waals surface area contributed by atoms with Crippen LogP contribution < -0.4 is 20.1 Å². The number of carbonyl (C=O) groups is 1. The maximum atomic E-state index is 12.5. The molecule has 0 saturated heterocycles. The van der Waals surface area contributed by atoms with Crippen molar-refractivity contribution in [1.82, 2.24) is 5.32 Å². The van der Waals surface area contributed by atoms with Gasteiger partial charge in [-0.2, -0.15) is 0 Å². The lowest BCUT2D eigenvalue weighted by atomic mass is 10.2. The number of carbonyl (C=O) groups excluding carboxylic acids is 1. The van der Waals surface area contributed by atoms with Crippen LogP contribution in [0.4, 0.5) is 11.4 Å². The van der Waals surface area contributed by atoms with Gasteiger partial charge in [0.1, 0.15) is 11.5 Å². The summed E-state index contributed by atoms with van der Waals surface area (Å²) in [5, 5.41) is 16.2. The highest BCUT2D eigenvalue weighted by Crippen LogP contribution is 2.28. The van der Waals surface area contributed by atoms with E-state index in [9.17, 15) is 14.9 Å². The number of ether oxygens (including phenoxy) is 2. The second-order valence-electron chi connectivity index (χ2n) is 5.39. The first-order valence-electron chi connectivity index (χ1n) is 8.12. The monoisotopic (exact) mass is 389 g/mol. The van der Waals surface area contributed by atoms with Gasteiger partial charge in [-0.15, -0.1) is 0 Å². The zero-order valence-corrected chi connectivity index (χ0v) is 15.7. The van der Waals surface area contributed by atoms with E-state index in [1.54, 1.807) is 24.3 Å². The van der Waals surface area contributed by atoms with Crippen LogP contribution in [0.25, 0.3) is 0 Å². The topological polar surface area (TPSA) is 103 Å². The van der Waals surface area contributed by atoms with Crippen molar-refractivity contribution in [1.29, 1.82) is 0 Å². The Morgan fingerprint density at radius 3 is 2.63 bits per heavy atom. The summed E-state index contributed by atoms with van der Waals surface area (Å²) in [6.07, 6.45) is 0.808. The van der Waals surface area contributed by atoms with Gasteiger partial charge in [-0.25, -0.2) is 0 Å². The number of nitro groups is 1. The molecule has 0 aromatic heterocycles. The number of thiocarbonyl (C=S) groups is 1. The molecular formula is C18H19N3O5S. The zero-order chi connectivity index (χ0) is 19.8. The Labute approximate surface area is 161 Å². The molecule has 8 nitrogen and oxygen atoms in total. The fourth-order valence-corrected chi connectivity index (χ4v) is 2.43. The fourth-order valence-electron chi connectivity index (χ4n) is 2.22. The summed E-state index contributed by atoms with van der Waals surface area (Å²) in [6.45, 7) is 2.45. The van der Waals surface area contributed by atoms with E-state index in [1.807, 2.05) is 6.92 Å². The van der Waals surface area contributed by atoms with Crippen LogP contribution in [0, 0.1) is 10.1 Å². The van der Waals surface area contributed by atoms with Crippen molar-refractivity contribution in [3.8, 4) is 11.5 Å². The number of benzene rings is 2. The predicted molar refractivity (Wildman–Crippen MR) is 106 cm³/mol. The van der Waals surface area contributed by atoms with Crippen LogP contribution >= 0.6 is 12.2 Å². The summed E-state index contributed by atoms with van der Waals surface area (Å²) < 4.78 is 10.7. The smallest absolute Gasteiger partial charge is 0.271 e. The number of rotatable bonds is 7. The summed E-state index contributed by atoms with van der Waals surface area (Å²) in [5.41, 5.74) is 0.472. The summed E-state index contributed by atoms with van der Waals surface area (Å²) in [5.74, 6) is 0.347. The van der Waals surface area contributed by atoms with Crippen LogP contribution in [0.3, 0.4) is 0 Å². The second-order valence-corrected chi connectivity index (χ2v) is 5.80. The molecule has 2 N–H and O–H groups in total. The Morgan fingerprint density at radius 2 is 1.96 bits per heavy atom. The lowest BCUT2D eigenvalue weighted by molar-refractivity contribution is -0.384. The molecule has 0 unspecified atom stereocenters. The molecule has 0 saturated carbocycles. The molecule has 0 radical (unpaired) electrons. The third-order valence-corrected chi connectivity index (χ3v) is 3.67. The van der Waals surface area contributed by atoms with Gasteiger partial charge < -0.3 is 14.8 Å². The molecule has 0 aliphatic carbocycles. The molecule has 9 heteroatoms. The van der Waals surface area contributed by atoms with Gasteiger partial charge in [-0.3, -0.25) is 20.2 Å². The van der Waals surface area contributed by atoms with Crippen molar-refractivity contribution in [2.75, 3.05) is 19.0 Å². The van der Waals surface area contributed by atoms with Crippen LogP contribution in [0.5, 0.6) is 11.5 Å². The first kappa shape index (κ1) is 20.1. The maximum absolute atomic E-state index is 12.5. The zero-order valence-electron chi connectivity index (χ0n) is 14.9. The highest BCUT2D eigenvalue weighted by Gasteiger charge is 2.16. The first-order valence-corrected chi connectivity index (χ1v) is 8.53. The van der Waals surface area contributed by atoms with E-state index in [-0.39, 0.29) is 16.5 Å². The van der Waals surface area contributed by atoms with Crippen molar-refractivity contribution < 1.29 is 19.2 Å². The molecule has 0 spiro atoms. The van der Waals surface area contributed by atoms with Gasteiger partial charge in [0.15, 0.2) is 5.11 Å². The Balaban J connectivity index is 2.13. The third-order valence-electron chi connectivity index (χ3n) is 3.46. The molecule has 2 aromatic carbocycles. The van der Waals surface area contributed by atoms with Gasteiger partial charge in [0.2, 0.25) is 0 Å². The van der Waals surface area contributed by atoms with E-state index in [2.05, 4.69) is 10.6 Å². The Kier molecular flexibility index (Phi) is 7.07. The largest absolute Gasteiger partial charge is 0.495 e. The Hall–Kier alpha value is -3.20. The summed E-state index contributed by atoms with van der Waals surface area (Å²) in [7, 11) is 1.43. The van der Waals surface area contributed by atoms with Crippen LogP contribution in [-0.4, -0.2) is 29.7 Å². The average Bonchev–Trinajstić information content (AvgIpc) is 2.66. The lowest BCUT2D eigenvalue weighted by Gasteiger charge is -2.14. The number of hydrogen-bond donors (Lipinski definition) is 2. The molecule has 2 rings (SSSR count). The highest BCUT2D eigenvalue weighted by atomic mass is 32.1. The van der Waals surface area contributed by atoms with E-state index in [4.69, 9.17) is 21.7 Å². The molecule has 0 heterocycles. The molecule has 27 heavy (non-hydrogen) atoms. The van der Waals surface area contributed by atoms with Gasteiger partial charge in [-0.05, 0) is 36.8 Å². The molecule has 0 aliphatic rings. The van der Waals surface area contributed by atoms with Crippen LogP contribution in [0.15, 0.2) is 42.5 Å². The number of nitrogens with zero attached hydrogens (tertiary/aromatic N) is 1. The van der Waals surface area contributed by atoms with E-state index < -0.39 is 10.8 Å². The highest BCUT2D eigenvalue weighted by molar-refractivity contribution is 7.80. The molecular weight excluding hydrogens is 370 g/mol. The number of nitro benzene ring substituents is 1. The normalized spacial score (nSPS) is 10.0. The molecule has 0 bridgehead atoms. The van der Waals surface area contributed by atoms with Crippen LogP contribution in [0.2, 0.25) is 0 Å². The SMILES string of the molecule is CCCOc1ccccc1C(=O)NC(=S)Nc1cc([N+](=O)[O-])ccc1OC. The molecule has 142 valence electrons. The van der Waals surface area contributed by atoms with E-state index in [0.717, 1.165) is 6.42 Å². The van der Waals surface area contributed by atoms with Gasteiger partial charge >= 0.3 is 0 Å². The first-order chi connectivity index (χ1) is 13.0. The summed E-state index contributed by atoms with van der Waals surface area (Å²) in [4.78, 5) is 22.9. The van der Waals surface area contributed by atoms with Crippen molar-refractivity contribution in [2.45, 2.75) is 13.3 Å². The quantitative estimate of drug-likeness (QED) is 0.424. The molecule has 0 aliphatic heterocycles.